The normalized spacial score (nSPS) is 39.7. The molecule has 6 aliphatic carbocycles. The monoisotopic (exact) mass is 700 g/mol. The van der Waals surface area contributed by atoms with E-state index in [2.05, 4.69) is 37.4 Å². The number of aliphatic hydroxyl groups is 2. The number of fused-ring (bicyclic) bond motifs is 1. The number of nitrogens with zero attached hydrogens (tertiary/aromatic N) is 1. The van der Waals surface area contributed by atoms with Crippen LogP contribution in [0.25, 0.3) is 0 Å². The first-order chi connectivity index (χ1) is 23.9. The predicted octanol–water partition coefficient (Wildman–Crippen LogP) is 7.55. The van der Waals surface area contributed by atoms with E-state index in [0.29, 0.717) is 37.4 Å². The SMILES string of the molecule is COc1ccc(NC(=O)N(C[C@H]2CCCO2)C[C@]2(O)CC[C@H]3[C@]45C=C[C@@]6(C=C4C(=O)c4ccc(C)s4)CC(O)CC[C@]6(C)[C@H]5CC[C@@]32C)cc1. The Hall–Kier alpha value is -2.98. The Kier molecular flexibility index (Phi) is 8.22. The number of methoxy groups -OCH3 is 1. The van der Waals surface area contributed by atoms with Crippen molar-refractivity contribution in [2.24, 2.45) is 33.5 Å². The van der Waals surface area contributed by atoms with Gasteiger partial charge >= 0.3 is 6.03 Å². The van der Waals surface area contributed by atoms with Crippen LogP contribution in [-0.4, -0.2) is 71.5 Å². The van der Waals surface area contributed by atoms with Crippen molar-refractivity contribution in [2.45, 2.75) is 96.4 Å². The molecule has 1 saturated heterocycles. The Morgan fingerprint density at radius 3 is 2.44 bits per heavy atom. The first kappa shape index (κ1) is 34.1. The van der Waals surface area contributed by atoms with E-state index in [4.69, 9.17) is 9.47 Å². The molecule has 9 heteroatoms. The molecule has 0 radical (unpaired) electrons. The van der Waals surface area contributed by atoms with Gasteiger partial charge < -0.3 is 29.9 Å². The molecule has 3 N–H and O–H groups in total. The molecule has 9 atom stereocenters. The van der Waals surface area contributed by atoms with E-state index in [9.17, 15) is 19.8 Å². The van der Waals surface area contributed by atoms with Crippen molar-refractivity contribution in [1.29, 1.82) is 0 Å². The lowest BCUT2D eigenvalue weighted by Crippen LogP contribution is -2.67. The van der Waals surface area contributed by atoms with Crippen LogP contribution in [0.1, 0.15) is 86.2 Å². The number of benzene rings is 1. The molecule has 3 saturated carbocycles. The third-order valence-corrected chi connectivity index (χ3v) is 15.4. The van der Waals surface area contributed by atoms with Gasteiger partial charge in [0, 0.05) is 45.5 Å². The third kappa shape index (κ3) is 4.93. The number of nitrogens with one attached hydrogen (secondary N) is 1. The Labute approximate surface area is 299 Å². The maximum atomic E-state index is 14.7. The van der Waals surface area contributed by atoms with Crippen LogP contribution in [0.2, 0.25) is 0 Å². The third-order valence-electron chi connectivity index (χ3n) is 14.4. The van der Waals surface area contributed by atoms with E-state index >= 15 is 0 Å². The molecule has 1 aromatic carbocycles. The molecule has 9 rings (SSSR count). The quantitative estimate of drug-likeness (QED) is 0.194. The molecule has 2 amide bonds. The maximum Gasteiger partial charge on any atom is 0.322 e. The lowest BCUT2D eigenvalue weighted by Gasteiger charge is -2.71. The van der Waals surface area contributed by atoms with E-state index in [1.54, 1.807) is 23.3 Å². The molecule has 4 fully saturated rings. The van der Waals surface area contributed by atoms with Gasteiger partial charge in [0.05, 0.1) is 36.3 Å². The van der Waals surface area contributed by atoms with Crippen molar-refractivity contribution in [3.8, 4) is 5.75 Å². The predicted molar refractivity (Wildman–Crippen MR) is 195 cm³/mol. The summed E-state index contributed by atoms with van der Waals surface area (Å²) in [7, 11) is 1.62. The second-order valence-electron chi connectivity index (χ2n) is 16.7. The van der Waals surface area contributed by atoms with Crippen molar-refractivity contribution in [2.75, 3.05) is 32.1 Å². The standard InChI is InChI=1S/C41H52N2O6S/c1-26-7-12-32(50-26)35(45)31-23-39-19-20-41(31)33(37(39,2)16-13-28(44)22-39)14-17-38(3)34(41)15-18-40(38,47)25-43(24-30-6-5-21-49-30)36(46)42-27-8-10-29(48-4)11-9-27/h7-12,19-20,23,28,30,33-34,44,47H,5-6,13-18,21-22,24-25H2,1-4H3,(H,42,46)/t28?,30-,33-,34-,37-,38+,39+,40-,41-/m1/s1. The van der Waals surface area contributed by atoms with E-state index in [1.165, 1.54) is 0 Å². The average Bonchev–Trinajstić information content (AvgIpc) is 3.84. The van der Waals surface area contributed by atoms with Crippen LogP contribution in [-0.2, 0) is 4.74 Å². The fourth-order valence-corrected chi connectivity index (χ4v) is 12.6. The lowest BCUT2D eigenvalue weighted by atomic mass is 9.32. The van der Waals surface area contributed by atoms with Gasteiger partial charge in [-0.2, -0.15) is 0 Å². The minimum atomic E-state index is -1.16. The number of aliphatic hydroxyl groups excluding tert-OH is 1. The summed E-state index contributed by atoms with van der Waals surface area (Å²) in [6, 6.07) is 11.0. The Morgan fingerprint density at radius 1 is 1.00 bits per heavy atom. The number of hydrogen-bond acceptors (Lipinski definition) is 7. The Bertz CT molecular complexity index is 1730. The molecule has 8 nitrogen and oxygen atoms in total. The average molecular weight is 701 g/mol. The first-order valence-corrected chi connectivity index (χ1v) is 19.4. The zero-order valence-corrected chi connectivity index (χ0v) is 30.7. The second kappa shape index (κ2) is 12.0. The van der Waals surface area contributed by atoms with Crippen molar-refractivity contribution in [3.63, 3.8) is 0 Å². The van der Waals surface area contributed by atoms with Gasteiger partial charge in [-0.3, -0.25) is 4.79 Å². The lowest BCUT2D eigenvalue weighted by molar-refractivity contribution is -0.175. The number of thiophene rings is 1. The van der Waals surface area contributed by atoms with Crippen LogP contribution >= 0.6 is 11.3 Å². The number of ketones is 1. The molecule has 268 valence electrons. The van der Waals surface area contributed by atoms with Crippen LogP contribution in [0.5, 0.6) is 5.75 Å². The number of rotatable bonds is 8. The number of allylic oxidation sites excluding steroid dienone is 4. The van der Waals surface area contributed by atoms with Crippen molar-refractivity contribution >= 4 is 28.8 Å². The number of anilines is 1. The molecular weight excluding hydrogens is 649 g/mol. The van der Waals surface area contributed by atoms with Crippen LogP contribution in [0, 0.1) is 40.4 Å². The van der Waals surface area contributed by atoms with Gasteiger partial charge in [-0.05, 0) is 118 Å². The number of carbonyl (C=O) groups is 2. The highest BCUT2D eigenvalue weighted by Gasteiger charge is 2.74. The van der Waals surface area contributed by atoms with Crippen LogP contribution in [0.3, 0.4) is 0 Å². The van der Waals surface area contributed by atoms with Crippen molar-refractivity contribution < 1.29 is 29.3 Å². The summed E-state index contributed by atoms with van der Waals surface area (Å²) in [6.07, 6.45) is 13.7. The highest BCUT2D eigenvalue weighted by Crippen LogP contribution is 2.78. The van der Waals surface area contributed by atoms with Gasteiger partial charge in [0.25, 0.3) is 0 Å². The molecule has 2 bridgehead atoms. The van der Waals surface area contributed by atoms with Crippen molar-refractivity contribution in [3.05, 3.63) is 70.0 Å². The van der Waals surface area contributed by atoms with Gasteiger partial charge in [-0.1, -0.05) is 32.1 Å². The number of urea groups is 1. The topological polar surface area (TPSA) is 108 Å². The molecule has 2 heterocycles. The largest absolute Gasteiger partial charge is 0.497 e. The zero-order valence-electron chi connectivity index (χ0n) is 29.9. The summed E-state index contributed by atoms with van der Waals surface area (Å²) in [5.41, 5.74) is -1.17. The number of ether oxygens (including phenoxy) is 2. The number of aryl methyl sites for hydroxylation is 1. The highest BCUT2D eigenvalue weighted by atomic mass is 32.1. The van der Waals surface area contributed by atoms with Gasteiger partial charge in [-0.25, -0.2) is 4.79 Å². The molecule has 50 heavy (non-hydrogen) atoms. The Morgan fingerprint density at radius 2 is 1.74 bits per heavy atom. The van der Waals surface area contributed by atoms with Crippen LogP contribution in [0.4, 0.5) is 10.5 Å². The smallest absolute Gasteiger partial charge is 0.322 e. The summed E-state index contributed by atoms with van der Waals surface area (Å²) in [5, 5.41) is 27.1. The van der Waals surface area contributed by atoms with E-state index in [-0.39, 0.29) is 53.2 Å². The summed E-state index contributed by atoms with van der Waals surface area (Å²) < 4.78 is 11.3. The van der Waals surface area contributed by atoms with Gasteiger partial charge in [0.15, 0.2) is 5.78 Å². The molecule has 2 spiro atoms. The van der Waals surface area contributed by atoms with Gasteiger partial charge in [0.2, 0.25) is 0 Å². The maximum absolute atomic E-state index is 14.7. The van der Waals surface area contributed by atoms with Crippen LogP contribution in [0.15, 0.2) is 60.2 Å². The summed E-state index contributed by atoms with van der Waals surface area (Å²) in [6.45, 7) is 7.96. The van der Waals surface area contributed by atoms with Crippen molar-refractivity contribution in [1.82, 2.24) is 4.90 Å². The van der Waals surface area contributed by atoms with E-state index < -0.39 is 16.4 Å². The fourth-order valence-electron chi connectivity index (χ4n) is 11.7. The first-order valence-electron chi connectivity index (χ1n) is 18.6. The molecule has 1 unspecified atom stereocenters. The Balaban J connectivity index is 1.16. The zero-order chi connectivity index (χ0) is 35.1. The fraction of sp³-hybridized carbons (Fsp3) is 0.610. The van der Waals surface area contributed by atoms with E-state index in [1.807, 2.05) is 43.3 Å². The molecule has 1 aromatic heterocycles. The molecular formula is C41H52N2O6S. The second-order valence-corrected chi connectivity index (χ2v) is 18.0. The highest BCUT2D eigenvalue weighted by molar-refractivity contribution is 7.14. The number of amides is 2. The van der Waals surface area contributed by atoms with Gasteiger partial charge in [0.1, 0.15) is 5.75 Å². The number of carbonyl (C=O) groups excluding carboxylic acids is 2. The van der Waals surface area contributed by atoms with Gasteiger partial charge in [-0.15, -0.1) is 11.3 Å². The minimum Gasteiger partial charge on any atom is -0.497 e. The van der Waals surface area contributed by atoms with Crippen LogP contribution < -0.4 is 10.1 Å². The summed E-state index contributed by atoms with van der Waals surface area (Å²) in [5.74, 6) is 1.05. The minimum absolute atomic E-state index is 0.0162. The van der Waals surface area contributed by atoms with E-state index in [0.717, 1.165) is 60.3 Å². The summed E-state index contributed by atoms with van der Waals surface area (Å²) in [4.78, 5) is 32.4. The molecule has 2 aromatic rings. The number of hydrogen-bond donors (Lipinski definition) is 3. The summed E-state index contributed by atoms with van der Waals surface area (Å²) >= 11 is 1.55. The molecule has 7 aliphatic rings. The number of Topliss-reactive ketones (excluding diaryl/α,β-unsaturated/α-hetero) is 1. The molecule has 1 aliphatic heterocycles.